The maximum absolute atomic E-state index is 10.9. The molecular formula is C15H22N2O2. The highest BCUT2D eigenvalue weighted by Crippen LogP contribution is 2.22. The van der Waals surface area contributed by atoms with E-state index in [0.717, 1.165) is 32.5 Å². The van der Waals surface area contributed by atoms with Crippen molar-refractivity contribution in [2.24, 2.45) is 0 Å². The fraction of sp³-hybridized carbons (Fsp3) is 0.533. The molecule has 0 radical (unpaired) electrons. The minimum Gasteiger partial charge on any atom is -0.481 e. The lowest BCUT2D eigenvalue weighted by Gasteiger charge is -2.27. The number of aryl methyl sites for hydroxylation is 1. The van der Waals surface area contributed by atoms with Crippen LogP contribution in [0.3, 0.4) is 0 Å². The lowest BCUT2D eigenvalue weighted by Crippen LogP contribution is -2.39. The van der Waals surface area contributed by atoms with Crippen LogP contribution < -0.4 is 10.2 Å². The Bertz CT molecular complexity index is 434. The summed E-state index contributed by atoms with van der Waals surface area (Å²) < 4.78 is 0. The first kappa shape index (κ1) is 13.9. The topological polar surface area (TPSA) is 52.6 Å². The monoisotopic (exact) mass is 262 g/mol. The number of carboxylic acids is 1. The Kier molecular flexibility index (Phi) is 4.80. The summed E-state index contributed by atoms with van der Waals surface area (Å²) in [5.74, 6) is -0.733. The summed E-state index contributed by atoms with van der Waals surface area (Å²) in [5.41, 5.74) is 2.59. The van der Waals surface area contributed by atoms with E-state index in [2.05, 4.69) is 41.4 Å². The van der Waals surface area contributed by atoms with E-state index in [1.807, 2.05) is 0 Å². The van der Waals surface area contributed by atoms with Gasteiger partial charge >= 0.3 is 5.97 Å². The number of benzene rings is 1. The van der Waals surface area contributed by atoms with E-state index in [-0.39, 0.29) is 12.5 Å². The number of hydrogen-bond donors (Lipinski definition) is 2. The number of para-hydroxylation sites is 1. The number of rotatable bonds is 4. The van der Waals surface area contributed by atoms with Crippen molar-refractivity contribution in [2.45, 2.75) is 32.2 Å². The molecular weight excluding hydrogens is 240 g/mol. The Morgan fingerprint density at radius 1 is 1.47 bits per heavy atom. The highest BCUT2D eigenvalue weighted by atomic mass is 16.4. The van der Waals surface area contributed by atoms with E-state index in [1.165, 1.54) is 11.3 Å². The van der Waals surface area contributed by atoms with Gasteiger partial charge in [-0.1, -0.05) is 25.1 Å². The van der Waals surface area contributed by atoms with Gasteiger partial charge in [-0.2, -0.15) is 0 Å². The first-order chi connectivity index (χ1) is 9.20. The van der Waals surface area contributed by atoms with Gasteiger partial charge in [0.1, 0.15) is 0 Å². The minimum absolute atomic E-state index is 0.0323. The number of carbonyl (C=O) groups is 1. The third kappa shape index (κ3) is 3.70. The van der Waals surface area contributed by atoms with E-state index in [9.17, 15) is 4.79 Å². The molecule has 0 aromatic heterocycles. The minimum atomic E-state index is -0.733. The summed E-state index contributed by atoms with van der Waals surface area (Å²) in [7, 11) is 0. The van der Waals surface area contributed by atoms with Gasteiger partial charge < -0.3 is 15.3 Å². The van der Waals surface area contributed by atoms with Gasteiger partial charge in [0.25, 0.3) is 0 Å². The van der Waals surface area contributed by atoms with Crippen molar-refractivity contribution in [3.8, 4) is 0 Å². The zero-order valence-electron chi connectivity index (χ0n) is 11.4. The van der Waals surface area contributed by atoms with E-state index in [0.29, 0.717) is 0 Å². The second kappa shape index (κ2) is 6.57. The second-order valence-electron chi connectivity index (χ2n) is 5.03. The number of carboxylic acid groups (broad SMARTS) is 1. The van der Waals surface area contributed by atoms with Gasteiger partial charge in [0, 0.05) is 24.8 Å². The van der Waals surface area contributed by atoms with E-state index in [1.54, 1.807) is 0 Å². The van der Waals surface area contributed by atoms with Gasteiger partial charge in [-0.25, -0.2) is 0 Å². The Morgan fingerprint density at radius 2 is 2.26 bits per heavy atom. The van der Waals surface area contributed by atoms with Gasteiger partial charge in [0.2, 0.25) is 0 Å². The highest BCUT2D eigenvalue weighted by Gasteiger charge is 2.21. The molecule has 1 aliphatic rings. The van der Waals surface area contributed by atoms with Crippen LogP contribution in [0.5, 0.6) is 0 Å². The Balaban J connectivity index is 2.15. The zero-order valence-corrected chi connectivity index (χ0v) is 11.4. The van der Waals surface area contributed by atoms with Crippen molar-refractivity contribution >= 4 is 11.7 Å². The average Bonchev–Trinajstić information content (AvgIpc) is 2.63. The smallest absolute Gasteiger partial charge is 0.304 e. The lowest BCUT2D eigenvalue weighted by atomic mass is 10.1. The molecule has 0 spiro atoms. The molecule has 1 aliphatic heterocycles. The first-order valence-corrected chi connectivity index (χ1v) is 6.98. The van der Waals surface area contributed by atoms with Crippen LogP contribution in [-0.2, 0) is 11.2 Å². The molecule has 1 fully saturated rings. The number of aliphatic carboxylic acids is 1. The summed E-state index contributed by atoms with van der Waals surface area (Å²) in [6.45, 7) is 4.80. The van der Waals surface area contributed by atoms with E-state index in [4.69, 9.17) is 5.11 Å². The molecule has 0 amide bonds. The summed E-state index contributed by atoms with van der Waals surface area (Å²) in [6.07, 6.45) is 2.24. The van der Waals surface area contributed by atoms with Gasteiger partial charge in [-0.3, -0.25) is 4.79 Å². The lowest BCUT2D eigenvalue weighted by molar-refractivity contribution is -0.137. The molecule has 0 aliphatic carbocycles. The van der Waals surface area contributed by atoms with Gasteiger partial charge in [0.15, 0.2) is 0 Å². The molecule has 19 heavy (non-hydrogen) atoms. The first-order valence-electron chi connectivity index (χ1n) is 6.98. The fourth-order valence-electron chi connectivity index (χ4n) is 2.68. The quantitative estimate of drug-likeness (QED) is 0.870. The molecule has 1 saturated heterocycles. The van der Waals surface area contributed by atoms with Crippen LogP contribution in [0, 0.1) is 0 Å². The molecule has 1 unspecified atom stereocenters. The second-order valence-corrected chi connectivity index (χ2v) is 5.03. The molecule has 104 valence electrons. The van der Waals surface area contributed by atoms with Crippen LogP contribution in [0.1, 0.15) is 25.3 Å². The SMILES string of the molecule is CCc1ccccc1N1CCCNC(CC(=O)O)C1. The zero-order chi connectivity index (χ0) is 13.7. The predicted octanol–water partition coefficient (Wildman–Crippen LogP) is 1.89. The summed E-state index contributed by atoms with van der Waals surface area (Å²) >= 11 is 0. The number of nitrogens with one attached hydrogen (secondary N) is 1. The maximum atomic E-state index is 10.9. The molecule has 2 rings (SSSR count). The molecule has 1 aromatic rings. The molecule has 4 heteroatoms. The van der Waals surface area contributed by atoms with Gasteiger partial charge in [-0.05, 0) is 31.0 Å². The molecule has 1 atom stereocenters. The van der Waals surface area contributed by atoms with Crippen LogP contribution in [0.25, 0.3) is 0 Å². The number of hydrogen-bond acceptors (Lipinski definition) is 3. The molecule has 1 heterocycles. The van der Waals surface area contributed by atoms with Crippen LogP contribution in [0.4, 0.5) is 5.69 Å². The van der Waals surface area contributed by atoms with E-state index >= 15 is 0 Å². The van der Waals surface area contributed by atoms with Crippen LogP contribution >= 0.6 is 0 Å². The number of anilines is 1. The van der Waals surface area contributed by atoms with Crippen molar-refractivity contribution in [3.63, 3.8) is 0 Å². The Labute approximate surface area is 114 Å². The van der Waals surface area contributed by atoms with Gasteiger partial charge in [-0.15, -0.1) is 0 Å². The average molecular weight is 262 g/mol. The van der Waals surface area contributed by atoms with Crippen LogP contribution in [-0.4, -0.2) is 36.8 Å². The van der Waals surface area contributed by atoms with Crippen LogP contribution in [0.2, 0.25) is 0 Å². The third-order valence-electron chi connectivity index (χ3n) is 3.61. The molecule has 0 saturated carbocycles. The van der Waals surface area contributed by atoms with Gasteiger partial charge in [0.05, 0.1) is 6.42 Å². The normalized spacial score (nSPS) is 20.1. The fourth-order valence-corrected chi connectivity index (χ4v) is 2.68. The Morgan fingerprint density at radius 3 is 3.00 bits per heavy atom. The third-order valence-corrected chi connectivity index (χ3v) is 3.61. The van der Waals surface area contributed by atoms with Crippen molar-refractivity contribution in [1.29, 1.82) is 0 Å². The van der Waals surface area contributed by atoms with Crippen molar-refractivity contribution in [2.75, 3.05) is 24.5 Å². The molecule has 4 nitrogen and oxygen atoms in total. The van der Waals surface area contributed by atoms with Crippen LogP contribution in [0.15, 0.2) is 24.3 Å². The summed E-state index contributed by atoms with van der Waals surface area (Å²) in [6, 6.07) is 8.44. The van der Waals surface area contributed by atoms with Crippen molar-refractivity contribution in [3.05, 3.63) is 29.8 Å². The summed E-state index contributed by atoms with van der Waals surface area (Å²) in [4.78, 5) is 13.2. The van der Waals surface area contributed by atoms with E-state index < -0.39 is 5.97 Å². The largest absolute Gasteiger partial charge is 0.481 e. The predicted molar refractivity (Wildman–Crippen MR) is 76.7 cm³/mol. The molecule has 2 N–H and O–H groups in total. The standard InChI is InChI=1S/C15H22N2O2/c1-2-12-6-3-4-7-14(12)17-9-5-8-16-13(11-17)10-15(18)19/h3-4,6-7,13,16H,2,5,8-11H2,1H3,(H,18,19). The molecule has 1 aromatic carbocycles. The Hall–Kier alpha value is -1.55. The van der Waals surface area contributed by atoms with Crippen molar-refractivity contribution < 1.29 is 9.90 Å². The number of nitrogens with zero attached hydrogens (tertiary/aromatic N) is 1. The maximum Gasteiger partial charge on any atom is 0.304 e. The summed E-state index contributed by atoms with van der Waals surface area (Å²) in [5, 5.41) is 12.3. The molecule has 0 bridgehead atoms. The highest BCUT2D eigenvalue weighted by molar-refractivity contribution is 5.67. The van der Waals surface area contributed by atoms with Crippen molar-refractivity contribution in [1.82, 2.24) is 5.32 Å².